The molecule has 3 rings (SSSR count). The van der Waals surface area contributed by atoms with Gasteiger partial charge in [-0.15, -0.1) is 12.4 Å². The van der Waals surface area contributed by atoms with Crippen LogP contribution in [-0.2, 0) is 4.79 Å². The maximum atomic E-state index is 12.0. The predicted molar refractivity (Wildman–Crippen MR) is 79.3 cm³/mol. The van der Waals surface area contributed by atoms with Gasteiger partial charge in [0.05, 0.1) is 0 Å². The van der Waals surface area contributed by atoms with Gasteiger partial charge in [0.15, 0.2) is 0 Å². The van der Waals surface area contributed by atoms with E-state index >= 15 is 0 Å². The zero-order valence-electron chi connectivity index (χ0n) is 11.9. The smallest absolute Gasteiger partial charge is 0.223 e. The molecule has 0 spiro atoms. The summed E-state index contributed by atoms with van der Waals surface area (Å²) in [6.07, 6.45) is 7.04. The van der Waals surface area contributed by atoms with Gasteiger partial charge in [0, 0.05) is 12.5 Å². The Morgan fingerprint density at radius 3 is 2.63 bits per heavy atom. The second-order valence-corrected chi connectivity index (χ2v) is 6.72. The molecule has 1 amide bonds. The first-order valence-electron chi connectivity index (χ1n) is 7.72. The molecule has 3 nitrogen and oxygen atoms in total. The van der Waals surface area contributed by atoms with E-state index in [1.165, 1.54) is 32.1 Å². The second-order valence-electron chi connectivity index (χ2n) is 6.72. The third kappa shape index (κ3) is 3.25. The van der Waals surface area contributed by atoms with Crippen LogP contribution in [-0.4, -0.2) is 25.5 Å². The highest BCUT2D eigenvalue weighted by molar-refractivity contribution is 5.85. The number of rotatable bonds is 5. The molecule has 1 heterocycles. The minimum Gasteiger partial charge on any atom is -0.356 e. The highest BCUT2D eigenvalue weighted by atomic mass is 35.5. The maximum absolute atomic E-state index is 12.0. The number of carbonyl (C=O) groups excluding carboxylic acids is 1. The Hall–Kier alpha value is -0.280. The van der Waals surface area contributed by atoms with Crippen LogP contribution in [0, 0.1) is 29.6 Å². The number of nitrogens with one attached hydrogen (secondary N) is 2. The molecule has 3 aliphatic rings. The molecule has 0 aromatic rings. The van der Waals surface area contributed by atoms with Gasteiger partial charge in [-0.1, -0.05) is 13.3 Å². The number of amides is 1. The summed E-state index contributed by atoms with van der Waals surface area (Å²) in [6, 6.07) is 0. The molecular formula is C15H27ClN2O. The van der Waals surface area contributed by atoms with Gasteiger partial charge in [-0.25, -0.2) is 0 Å². The van der Waals surface area contributed by atoms with Crippen LogP contribution in [0.15, 0.2) is 0 Å². The average Bonchev–Trinajstić information content (AvgIpc) is 2.88. The van der Waals surface area contributed by atoms with Crippen molar-refractivity contribution in [3.05, 3.63) is 0 Å². The van der Waals surface area contributed by atoms with E-state index in [4.69, 9.17) is 0 Å². The Morgan fingerprint density at radius 2 is 2.11 bits per heavy atom. The summed E-state index contributed by atoms with van der Waals surface area (Å²) in [6.45, 7) is 5.00. The predicted octanol–water partition coefficient (Wildman–Crippen LogP) is 2.21. The summed E-state index contributed by atoms with van der Waals surface area (Å²) in [4.78, 5) is 12.0. The first-order chi connectivity index (χ1) is 8.74. The van der Waals surface area contributed by atoms with E-state index in [0.717, 1.165) is 37.4 Å². The van der Waals surface area contributed by atoms with Crippen molar-refractivity contribution in [2.75, 3.05) is 19.6 Å². The molecule has 19 heavy (non-hydrogen) atoms. The summed E-state index contributed by atoms with van der Waals surface area (Å²) in [7, 11) is 0. The van der Waals surface area contributed by atoms with Crippen LogP contribution < -0.4 is 10.6 Å². The first kappa shape index (κ1) is 15.1. The molecule has 3 fully saturated rings. The van der Waals surface area contributed by atoms with Crippen molar-refractivity contribution >= 4 is 18.3 Å². The largest absolute Gasteiger partial charge is 0.356 e. The Kier molecular flexibility index (Phi) is 5.13. The Labute approximate surface area is 122 Å². The zero-order valence-corrected chi connectivity index (χ0v) is 12.7. The van der Waals surface area contributed by atoms with Gasteiger partial charge in [0.2, 0.25) is 5.91 Å². The summed E-state index contributed by atoms with van der Waals surface area (Å²) in [5.41, 5.74) is 0. The molecule has 0 radical (unpaired) electrons. The van der Waals surface area contributed by atoms with E-state index in [1.807, 2.05) is 0 Å². The number of hydrogen-bond donors (Lipinski definition) is 2. The van der Waals surface area contributed by atoms with Crippen LogP contribution in [0.4, 0.5) is 0 Å². The molecule has 2 aliphatic carbocycles. The maximum Gasteiger partial charge on any atom is 0.223 e. The van der Waals surface area contributed by atoms with Gasteiger partial charge in [0.25, 0.3) is 0 Å². The minimum absolute atomic E-state index is 0. The molecule has 4 unspecified atom stereocenters. The van der Waals surface area contributed by atoms with Gasteiger partial charge in [-0.05, 0) is 62.4 Å². The summed E-state index contributed by atoms with van der Waals surface area (Å²) in [5, 5.41) is 6.39. The lowest BCUT2D eigenvalue weighted by Crippen LogP contribution is -2.49. The van der Waals surface area contributed by atoms with Crippen molar-refractivity contribution in [3.8, 4) is 0 Å². The van der Waals surface area contributed by atoms with Crippen LogP contribution in [0.25, 0.3) is 0 Å². The van der Waals surface area contributed by atoms with E-state index < -0.39 is 0 Å². The van der Waals surface area contributed by atoms with Crippen molar-refractivity contribution < 1.29 is 4.79 Å². The topological polar surface area (TPSA) is 41.1 Å². The Bertz CT molecular complexity index is 319. The molecule has 1 aliphatic heterocycles. The lowest BCUT2D eigenvalue weighted by Gasteiger charge is -2.32. The number of halogens is 1. The van der Waals surface area contributed by atoms with Gasteiger partial charge >= 0.3 is 0 Å². The molecule has 2 saturated carbocycles. The van der Waals surface area contributed by atoms with Gasteiger partial charge in [0.1, 0.15) is 0 Å². The van der Waals surface area contributed by atoms with E-state index in [2.05, 4.69) is 17.6 Å². The summed E-state index contributed by atoms with van der Waals surface area (Å²) >= 11 is 0. The fraction of sp³-hybridized carbons (Fsp3) is 0.933. The van der Waals surface area contributed by atoms with Crippen molar-refractivity contribution in [1.82, 2.24) is 10.6 Å². The fourth-order valence-electron chi connectivity index (χ4n) is 4.15. The SMILES string of the molecule is CC(C(=O)NCCC1CC2CCC1C2)C1CNC1.Cl. The monoisotopic (exact) mass is 286 g/mol. The Balaban J connectivity index is 0.00000133. The highest BCUT2D eigenvalue weighted by Gasteiger charge is 2.39. The number of hydrogen-bond acceptors (Lipinski definition) is 2. The average molecular weight is 287 g/mol. The first-order valence-corrected chi connectivity index (χ1v) is 7.72. The van der Waals surface area contributed by atoms with Gasteiger partial charge < -0.3 is 10.6 Å². The van der Waals surface area contributed by atoms with Gasteiger partial charge in [-0.3, -0.25) is 4.79 Å². The third-order valence-electron chi connectivity index (χ3n) is 5.63. The van der Waals surface area contributed by atoms with E-state index in [9.17, 15) is 4.79 Å². The standard InChI is InChI=1S/C15H26N2O.ClH/c1-10(14-8-16-9-14)15(18)17-5-4-13-7-11-2-3-12(13)6-11;/h10-14,16H,2-9H2,1H3,(H,17,18);1H. The molecule has 0 aromatic carbocycles. The van der Waals surface area contributed by atoms with Crippen molar-refractivity contribution in [2.45, 2.75) is 39.0 Å². The molecular weight excluding hydrogens is 260 g/mol. The molecule has 4 atom stereocenters. The van der Waals surface area contributed by atoms with Crippen LogP contribution in [0.5, 0.6) is 0 Å². The normalized spacial score (nSPS) is 34.5. The lowest BCUT2D eigenvalue weighted by molar-refractivity contribution is -0.126. The molecule has 110 valence electrons. The lowest BCUT2D eigenvalue weighted by atomic mass is 9.86. The molecule has 0 aromatic heterocycles. The van der Waals surface area contributed by atoms with Crippen LogP contribution in [0.1, 0.15) is 39.0 Å². The zero-order chi connectivity index (χ0) is 12.5. The molecule has 2 bridgehead atoms. The molecule has 4 heteroatoms. The van der Waals surface area contributed by atoms with Crippen molar-refractivity contribution in [1.29, 1.82) is 0 Å². The summed E-state index contributed by atoms with van der Waals surface area (Å²) in [5.74, 6) is 3.93. The third-order valence-corrected chi connectivity index (χ3v) is 5.63. The molecule has 2 N–H and O–H groups in total. The van der Waals surface area contributed by atoms with E-state index in [0.29, 0.717) is 5.92 Å². The van der Waals surface area contributed by atoms with Crippen molar-refractivity contribution in [2.24, 2.45) is 29.6 Å². The minimum atomic E-state index is 0. The van der Waals surface area contributed by atoms with Crippen LogP contribution in [0.3, 0.4) is 0 Å². The van der Waals surface area contributed by atoms with E-state index in [1.54, 1.807) is 0 Å². The number of fused-ring (bicyclic) bond motifs is 2. The highest BCUT2D eigenvalue weighted by Crippen LogP contribution is 2.49. The Morgan fingerprint density at radius 1 is 1.32 bits per heavy atom. The summed E-state index contributed by atoms with van der Waals surface area (Å²) < 4.78 is 0. The van der Waals surface area contributed by atoms with Crippen LogP contribution in [0.2, 0.25) is 0 Å². The van der Waals surface area contributed by atoms with Crippen molar-refractivity contribution in [3.63, 3.8) is 0 Å². The fourth-order valence-corrected chi connectivity index (χ4v) is 4.15. The number of carbonyl (C=O) groups is 1. The van der Waals surface area contributed by atoms with E-state index in [-0.39, 0.29) is 24.2 Å². The van der Waals surface area contributed by atoms with Gasteiger partial charge in [-0.2, -0.15) is 0 Å². The second kappa shape index (κ2) is 6.45. The molecule has 1 saturated heterocycles. The van der Waals surface area contributed by atoms with Crippen LogP contribution >= 0.6 is 12.4 Å². The quantitative estimate of drug-likeness (QED) is 0.814.